The van der Waals surface area contributed by atoms with Crippen molar-refractivity contribution in [3.63, 3.8) is 0 Å². The molecule has 2 aromatic rings. The number of nitrogens with zero attached hydrogens (tertiary/aromatic N) is 1. The van der Waals surface area contributed by atoms with Gasteiger partial charge in [0.1, 0.15) is 5.75 Å². The predicted octanol–water partition coefficient (Wildman–Crippen LogP) is 4.59. The van der Waals surface area contributed by atoms with Crippen LogP contribution in [0.15, 0.2) is 36.5 Å². The SMILES string of the molecule is CCCNCc1cc(Oc2ccccc2CC)ncc1Cl. The van der Waals surface area contributed by atoms with Crippen LogP contribution in [-0.4, -0.2) is 11.5 Å². The average Bonchev–Trinajstić information content (AvgIpc) is 2.51. The number of pyridine rings is 1. The second-order valence-electron chi connectivity index (χ2n) is 4.85. The standard InChI is InChI=1S/C17H21ClN2O/c1-3-9-19-11-14-10-17(20-12-15(14)18)21-16-8-6-5-7-13(16)4-2/h5-8,10,12,19H,3-4,9,11H2,1-2H3. The first-order chi connectivity index (χ1) is 10.2. The third-order valence-electron chi connectivity index (χ3n) is 3.22. The maximum absolute atomic E-state index is 6.18. The number of hydrogen-bond acceptors (Lipinski definition) is 3. The van der Waals surface area contributed by atoms with Gasteiger partial charge in [0.15, 0.2) is 0 Å². The molecule has 0 aliphatic heterocycles. The number of benzene rings is 1. The lowest BCUT2D eigenvalue weighted by atomic mass is 10.1. The summed E-state index contributed by atoms with van der Waals surface area (Å²) in [7, 11) is 0. The number of rotatable bonds is 7. The Morgan fingerprint density at radius 2 is 2.00 bits per heavy atom. The normalized spacial score (nSPS) is 10.6. The summed E-state index contributed by atoms with van der Waals surface area (Å²) in [5.74, 6) is 1.43. The van der Waals surface area contributed by atoms with E-state index < -0.39 is 0 Å². The molecule has 2 rings (SSSR count). The van der Waals surface area contributed by atoms with E-state index >= 15 is 0 Å². The van der Waals surface area contributed by atoms with Gasteiger partial charge in [-0.05, 0) is 36.6 Å². The molecule has 4 heteroatoms. The summed E-state index contributed by atoms with van der Waals surface area (Å²) in [6, 6.07) is 9.91. The highest BCUT2D eigenvalue weighted by Gasteiger charge is 2.07. The lowest BCUT2D eigenvalue weighted by Crippen LogP contribution is -2.14. The van der Waals surface area contributed by atoms with E-state index in [-0.39, 0.29) is 0 Å². The molecule has 0 unspecified atom stereocenters. The lowest BCUT2D eigenvalue weighted by Gasteiger charge is -2.11. The molecule has 0 fully saturated rings. The Bertz CT molecular complexity index is 587. The first-order valence-electron chi connectivity index (χ1n) is 7.35. The van der Waals surface area contributed by atoms with Crippen molar-refractivity contribution in [1.29, 1.82) is 0 Å². The van der Waals surface area contributed by atoms with Gasteiger partial charge in [0, 0.05) is 18.8 Å². The molecule has 0 spiro atoms. The highest BCUT2D eigenvalue weighted by molar-refractivity contribution is 6.31. The smallest absolute Gasteiger partial charge is 0.219 e. The molecule has 1 aromatic carbocycles. The molecular weight excluding hydrogens is 284 g/mol. The van der Waals surface area contributed by atoms with E-state index in [0.717, 1.165) is 37.2 Å². The van der Waals surface area contributed by atoms with E-state index in [1.165, 1.54) is 5.56 Å². The van der Waals surface area contributed by atoms with Gasteiger partial charge >= 0.3 is 0 Å². The van der Waals surface area contributed by atoms with Gasteiger partial charge in [0.05, 0.1) is 5.02 Å². The number of aromatic nitrogens is 1. The van der Waals surface area contributed by atoms with Crippen molar-refractivity contribution in [2.75, 3.05) is 6.54 Å². The Balaban J connectivity index is 2.15. The number of para-hydroxylation sites is 1. The summed E-state index contributed by atoms with van der Waals surface area (Å²) in [5, 5.41) is 4.00. The monoisotopic (exact) mass is 304 g/mol. The van der Waals surface area contributed by atoms with Gasteiger partial charge in [-0.3, -0.25) is 0 Å². The summed E-state index contributed by atoms with van der Waals surface area (Å²) in [6.45, 7) is 5.93. The van der Waals surface area contributed by atoms with Crippen LogP contribution in [0.5, 0.6) is 11.6 Å². The second-order valence-corrected chi connectivity index (χ2v) is 5.26. The van der Waals surface area contributed by atoms with Crippen LogP contribution in [0.1, 0.15) is 31.4 Å². The summed E-state index contributed by atoms with van der Waals surface area (Å²) < 4.78 is 5.90. The van der Waals surface area contributed by atoms with E-state index in [1.807, 2.05) is 24.3 Å². The third kappa shape index (κ3) is 4.45. The molecule has 0 radical (unpaired) electrons. The van der Waals surface area contributed by atoms with Crippen LogP contribution in [0.25, 0.3) is 0 Å². The minimum absolute atomic E-state index is 0.577. The molecule has 0 aliphatic carbocycles. The topological polar surface area (TPSA) is 34.1 Å². The quantitative estimate of drug-likeness (QED) is 0.760. The molecule has 112 valence electrons. The fourth-order valence-electron chi connectivity index (χ4n) is 2.06. The molecular formula is C17H21ClN2O. The highest BCUT2D eigenvalue weighted by Crippen LogP contribution is 2.26. The number of aryl methyl sites for hydroxylation is 1. The maximum Gasteiger partial charge on any atom is 0.219 e. The fraction of sp³-hybridized carbons (Fsp3) is 0.353. The van der Waals surface area contributed by atoms with E-state index in [0.29, 0.717) is 10.9 Å². The van der Waals surface area contributed by atoms with Crippen molar-refractivity contribution in [3.05, 3.63) is 52.7 Å². The van der Waals surface area contributed by atoms with Crippen LogP contribution < -0.4 is 10.1 Å². The minimum Gasteiger partial charge on any atom is -0.439 e. The number of nitrogens with one attached hydrogen (secondary N) is 1. The summed E-state index contributed by atoms with van der Waals surface area (Å²) in [6.07, 6.45) is 3.67. The van der Waals surface area contributed by atoms with Gasteiger partial charge in [0.2, 0.25) is 5.88 Å². The number of ether oxygens (including phenoxy) is 1. The van der Waals surface area contributed by atoms with Crippen molar-refractivity contribution in [3.8, 4) is 11.6 Å². The second kappa shape index (κ2) is 8.01. The number of halogens is 1. The largest absolute Gasteiger partial charge is 0.439 e. The van der Waals surface area contributed by atoms with Gasteiger partial charge in [0.25, 0.3) is 0 Å². The van der Waals surface area contributed by atoms with Gasteiger partial charge in [-0.15, -0.1) is 0 Å². The van der Waals surface area contributed by atoms with Crippen molar-refractivity contribution >= 4 is 11.6 Å². The van der Waals surface area contributed by atoms with Crippen molar-refractivity contribution in [2.24, 2.45) is 0 Å². The Morgan fingerprint density at radius 3 is 2.76 bits per heavy atom. The van der Waals surface area contributed by atoms with Crippen molar-refractivity contribution < 1.29 is 4.74 Å². The number of hydrogen-bond donors (Lipinski definition) is 1. The van der Waals surface area contributed by atoms with Gasteiger partial charge in [-0.1, -0.05) is 43.6 Å². The summed E-state index contributed by atoms with van der Waals surface area (Å²) in [4.78, 5) is 4.26. The molecule has 21 heavy (non-hydrogen) atoms. The van der Waals surface area contributed by atoms with Crippen LogP contribution in [0.3, 0.4) is 0 Å². The predicted molar refractivity (Wildman–Crippen MR) is 87.1 cm³/mol. The van der Waals surface area contributed by atoms with Crippen LogP contribution in [0, 0.1) is 0 Å². The van der Waals surface area contributed by atoms with Gasteiger partial charge in [-0.2, -0.15) is 0 Å². The average molecular weight is 305 g/mol. The molecule has 0 atom stereocenters. The van der Waals surface area contributed by atoms with E-state index in [1.54, 1.807) is 6.20 Å². The first kappa shape index (κ1) is 15.8. The molecule has 0 bridgehead atoms. The third-order valence-corrected chi connectivity index (χ3v) is 3.56. The zero-order chi connectivity index (χ0) is 15.1. The summed E-state index contributed by atoms with van der Waals surface area (Å²) in [5.41, 5.74) is 2.17. The van der Waals surface area contributed by atoms with Crippen LogP contribution in [0.2, 0.25) is 5.02 Å². The Labute approximate surface area is 131 Å². The summed E-state index contributed by atoms with van der Waals surface area (Å²) >= 11 is 6.18. The Hall–Kier alpha value is -1.58. The van der Waals surface area contributed by atoms with Gasteiger partial charge in [-0.25, -0.2) is 4.98 Å². The molecule has 0 aliphatic rings. The maximum atomic E-state index is 6.18. The molecule has 1 aromatic heterocycles. The van der Waals surface area contributed by atoms with E-state index in [2.05, 4.69) is 30.2 Å². The van der Waals surface area contributed by atoms with E-state index in [9.17, 15) is 0 Å². The molecule has 0 amide bonds. The minimum atomic E-state index is 0.577. The van der Waals surface area contributed by atoms with Crippen molar-refractivity contribution in [1.82, 2.24) is 10.3 Å². The molecule has 1 N–H and O–H groups in total. The first-order valence-corrected chi connectivity index (χ1v) is 7.73. The molecule has 3 nitrogen and oxygen atoms in total. The lowest BCUT2D eigenvalue weighted by molar-refractivity contribution is 0.456. The fourth-order valence-corrected chi connectivity index (χ4v) is 2.23. The zero-order valence-electron chi connectivity index (χ0n) is 12.5. The van der Waals surface area contributed by atoms with Crippen LogP contribution in [0.4, 0.5) is 0 Å². The molecule has 1 heterocycles. The highest BCUT2D eigenvalue weighted by atomic mass is 35.5. The van der Waals surface area contributed by atoms with Gasteiger partial charge < -0.3 is 10.1 Å². The molecule has 0 saturated carbocycles. The van der Waals surface area contributed by atoms with E-state index in [4.69, 9.17) is 16.3 Å². The van der Waals surface area contributed by atoms with Crippen LogP contribution in [-0.2, 0) is 13.0 Å². The zero-order valence-corrected chi connectivity index (χ0v) is 13.3. The van der Waals surface area contributed by atoms with Crippen LogP contribution >= 0.6 is 11.6 Å². The Kier molecular flexibility index (Phi) is 6.03. The van der Waals surface area contributed by atoms with Crippen molar-refractivity contribution in [2.45, 2.75) is 33.2 Å². The molecule has 0 saturated heterocycles. The Morgan fingerprint density at radius 1 is 1.19 bits per heavy atom.